The Balaban J connectivity index is 1.61. The third-order valence-electron chi connectivity index (χ3n) is 6.93. The summed E-state index contributed by atoms with van der Waals surface area (Å²) < 4.78 is 6.90. The van der Waals surface area contributed by atoms with E-state index in [1.807, 2.05) is 85.8 Å². The fourth-order valence-corrected chi connectivity index (χ4v) is 5.09. The molecule has 1 saturated carbocycles. The lowest BCUT2D eigenvalue weighted by molar-refractivity contribution is -0.143. The molecule has 1 unspecified atom stereocenters. The summed E-state index contributed by atoms with van der Waals surface area (Å²) in [5.41, 5.74) is 2.93. The third-order valence-corrected chi connectivity index (χ3v) is 7.46. The van der Waals surface area contributed by atoms with E-state index in [0.717, 1.165) is 46.8 Å². The predicted molar refractivity (Wildman–Crippen MR) is 150 cm³/mol. The maximum atomic E-state index is 13.8. The summed E-state index contributed by atoms with van der Waals surface area (Å²) in [7, 11) is 0. The highest BCUT2D eigenvalue weighted by Crippen LogP contribution is 2.21. The van der Waals surface area contributed by atoms with Crippen molar-refractivity contribution in [3.8, 4) is 5.75 Å². The van der Waals surface area contributed by atoms with E-state index in [2.05, 4.69) is 21.2 Å². The highest BCUT2D eigenvalue weighted by atomic mass is 79.9. The topological polar surface area (TPSA) is 58.6 Å². The first-order chi connectivity index (χ1) is 18.0. The fourth-order valence-electron chi connectivity index (χ4n) is 4.83. The van der Waals surface area contributed by atoms with Crippen molar-refractivity contribution in [3.63, 3.8) is 0 Å². The predicted octanol–water partition coefficient (Wildman–Crippen LogP) is 6.23. The Labute approximate surface area is 228 Å². The van der Waals surface area contributed by atoms with E-state index in [-0.39, 0.29) is 24.5 Å². The summed E-state index contributed by atoms with van der Waals surface area (Å²) in [6, 6.07) is 24.9. The molecule has 4 rings (SSSR count). The second-order valence-corrected chi connectivity index (χ2v) is 10.7. The van der Waals surface area contributed by atoms with Crippen molar-refractivity contribution in [2.45, 2.75) is 64.1 Å². The van der Waals surface area contributed by atoms with Gasteiger partial charge in [-0.05, 0) is 54.7 Å². The Morgan fingerprint density at radius 3 is 2.30 bits per heavy atom. The molecule has 1 aliphatic rings. The van der Waals surface area contributed by atoms with E-state index in [4.69, 9.17) is 4.74 Å². The fraction of sp³-hybridized carbons (Fsp3) is 0.355. The molecular formula is C31H35BrN2O3. The Kier molecular flexibility index (Phi) is 9.78. The van der Waals surface area contributed by atoms with E-state index in [9.17, 15) is 9.59 Å². The van der Waals surface area contributed by atoms with Gasteiger partial charge < -0.3 is 15.0 Å². The molecule has 1 aliphatic carbocycles. The van der Waals surface area contributed by atoms with E-state index in [1.165, 1.54) is 6.42 Å². The summed E-state index contributed by atoms with van der Waals surface area (Å²) in [4.78, 5) is 29.2. The van der Waals surface area contributed by atoms with Gasteiger partial charge in [-0.1, -0.05) is 95.9 Å². The van der Waals surface area contributed by atoms with Crippen molar-refractivity contribution in [2.24, 2.45) is 0 Å². The zero-order chi connectivity index (χ0) is 26.0. The first-order valence-corrected chi connectivity index (χ1v) is 13.9. The summed E-state index contributed by atoms with van der Waals surface area (Å²) >= 11 is 3.49. The number of nitrogens with zero attached hydrogens (tertiary/aromatic N) is 1. The van der Waals surface area contributed by atoms with E-state index < -0.39 is 6.04 Å². The van der Waals surface area contributed by atoms with E-state index in [0.29, 0.717) is 18.7 Å². The van der Waals surface area contributed by atoms with Crippen LogP contribution >= 0.6 is 15.9 Å². The molecule has 1 N–H and O–H groups in total. The second kappa shape index (κ2) is 13.4. The van der Waals surface area contributed by atoms with Crippen LogP contribution in [0.2, 0.25) is 0 Å². The molecule has 0 spiro atoms. The van der Waals surface area contributed by atoms with E-state index >= 15 is 0 Å². The largest absolute Gasteiger partial charge is 0.484 e. The van der Waals surface area contributed by atoms with Gasteiger partial charge in [0.05, 0.1) is 0 Å². The molecule has 1 atom stereocenters. The minimum atomic E-state index is -0.652. The van der Waals surface area contributed by atoms with Gasteiger partial charge in [0.1, 0.15) is 11.8 Å². The Morgan fingerprint density at radius 2 is 1.59 bits per heavy atom. The number of hydrogen-bond donors (Lipinski definition) is 1. The van der Waals surface area contributed by atoms with Gasteiger partial charge >= 0.3 is 0 Å². The van der Waals surface area contributed by atoms with Gasteiger partial charge in [-0.25, -0.2) is 0 Å². The summed E-state index contributed by atoms with van der Waals surface area (Å²) in [5, 5.41) is 3.27. The standard InChI is InChI=1S/C31H35BrN2O3/c1-23-10-8-9-15-29(23)37-22-30(35)34(21-25-16-18-26(32)19-17-25)28(20-24-11-4-2-5-12-24)31(36)33-27-13-6-3-7-14-27/h2,4-5,8-12,15-19,27-28H,3,6-7,13-14,20-22H2,1H3,(H,33,36). The molecule has 0 saturated heterocycles. The number of hydrogen-bond acceptors (Lipinski definition) is 3. The van der Waals surface area contributed by atoms with Crippen LogP contribution in [0.5, 0.6) is 5.75 Å². The zero-order valence-corrected chi connectivity index (χ0v) is 23.0. The maximum Gasteiger partial charge on any atom is 0.261 e. The van der Waals surface area contributed by atoms with Crippen LogP contribution in [0.3, 0.4) is 0 Å². The van der Waals surface area contributed by atoms with Crippen LogP contribution in [-0.2, 0) is 22.6 Å². The SMILES string of the molecule is Cc1ccccc1OCC(=O)N(Cc1ccc(Br)cc1)C(Cc1ccccc1)C(=O)NC1CCCCC1. The Bertz CT molecular complexity index is 1160. The molecule has 3 aromatic carbocycles. The summed E-state index contributed by atoms with van der Waals surface area (Å²) in [5.74, 6) is 0.355. The molecule has 5 nitrogen and oxygen atoms in total. The molecular weight excluding hydrogens is 528 g/mol. The number of benzene rings is 3. The number of para-hydroxylation sites is 1. The van der Waals surface area contributed by atoms with Crippen LogP contribution in [0.4, 0.5) is 0 Å². The van der Waals surface area contributed by atoms with Crippen LogP contribution in [0.25, 0.3) is 0 Å². The molecule has 0 aliphatic heterocycles. The molecule has 6 heteroatoms. The highest BCUT2D eigenvalue weighted by Gasteiger charge is 2.32. The van der Waals surface area contributed by atoms with Crippen molar-refractivity contribution in [2.75, 3.05) is 6.61 Å². The molecule has 3 aromatic rings. The van der Waals surface area contributed by atoms with Gasteiger partial charge in [-0.2, -0.15) is 0 Å². The van der Waals surface area contributed by atoms with Gasteiger partial charge in [0.25, 0.3) is 5.91 Å². The normalized spacial score (nSPS) is 14.5. The van der Waals surface area contributed by atoms with Crippen LogP contribution in [-0.4, -0.2) is 35.4 Å². The molecule has 37 heavy (non-hydrogen) atoms. The number of carbonyl (C=O) groups is 2. The van der Waals surface area contributed by atoms with Gasteiger partial charge in [0.2, 0.25) is 5.91 Å². The minimum Gasteiger partial charge on any atom is -0.484 e. The molecule has 194 valence electrons. The monoisotopic (exact) mass is 562 g/mol. The number of ether oxygens (including phenoxy) is 1. The number of rotatable bonds is 10. The lowest BCUT2D eigenvalue weighted by Gasteiger charge is -2.33. The number of carbonyl (C=O) groups excluding carboxylic acids is 2. The molecule has 0 bridgehead atoms. The maximum absolute atomic E-state index is 13.8. The smallest absolute Gasteiger partial charge is 0.261 e. The number of halogens is 1. The van der Waals surface area contributed by atoms with Crippen molar-refractivity contribution < 1.29 is 14.3 Å². The molecule has 0 radical (unpaired) electrons. The number of amides is 2. The van der Waals surface area contributed by atoms with Crippen molar-refractivity contribution in [1.82, 2.24) is 10.2 Å². The van der Waals surface area contributed by atoms with Gasteiger partial charge in [-0.3, -0.25) is 9.59 Å². The van der Waals surface area contributed by atoms with E-state index in [1.54, 1.807) is 4.90 Å². The van der Waals surface area contributed by atoms with Gasteiger partial charge in [0.15, 0.2) is 6.61 Å². The average Bonchev–Trinajstić information content (AvgIpc) is 2.92. The van der Waals surface area contributed by atoms with Crippen molar-refractivity contribution in [1.29, 1.82) is 0 Å². The van der Waals surface area contributed by atoms with Crippen LogP contribution in [0.15, 0.2) is 83.3 Å². The highest BCUT2D eigenvalue weighted by molar-refractivity contribution is 9.10. The lowest BCUT2D eigenvalue weighted by atomic mass is 9.94. The number of aryl methyl sites for hydroxylation is 1. The summed E-state index contributed by atoms with van der Waals surface area (Å²) in [6.45, 7) is 2.14. The minimum absolute atomic E-state index is 0.0999. The van der Waals surface area contributed by atoms with Gasteiger partial charge in [0, 0.05) is 23.5 Å². The van der Waals surface area contributed by atoms with Crippen molar-refractivity contribution in [3.05, 3.63) is 100 Å². The average molecular weight is 564 g/mol. The van der Waals surface area contributed by atoms with Crippen LogP contribution in [0.1, 0.15) is 48.8 Å². The van der Waals surface area contributed by atoms with Crippen LogP contribution in [0, 0.1) is 6.92 Å². The molecule has 0 heterocycles. The number of nitrogens with one attached hydrogen (secondary N) is 1. The Hall–Kier alpha value is -3.12. The first-order valence-electron chi connectivity index (χ1n) is 13.1. The third kappa shape index (κ3) is 7.93. The molecule has 2 amide bonds. The molecule has 0 aromatic heterocycles. The van der Waals surface area contributed by atoms with Crippen LogP contribution < -0.4 is 10.1 Å². The molecule has 1 fully saturated rings. The quantitative estimate of drug-likeness (QED) is 0.319. The van der Waals surface area contributed by atoms with Gasteiger partial charge in [-0.15, -0.1) is 0 Å². The Morgan fingerprint density at radius 1 is 0.919 bits per heavy atom. The lowest BCUT2D eigenvalue weighted by Crippen LogP contribution is -2.53. The second-order valence-electron chi connectivity index (χ2n) is 9.75. The summed E-state index contributed by atoms with van der Waals surface area (Å²) in [6.07, 6.45) is 5.87. The first kappa shape index (κ1) is 26.9. The van der Waals surface area contributed by atoms with Crippen molar-refractivity contribution >= 4 is 27.7 Å². The zero-order valence-electron chi connectivity index (χ0n) is 21.4.